The lowest BCUT2D eigenvalue weighted by atomic mass is 10.1. The fourth-order valence-electron chi connectivity index (χ4n) is 2.92. The zero-order chi connectivity index (χ0) is 18.0. The highest BCUT2D eigenvalue weighted by Crippen LogP contribution is 2.35. The molecule has 0 bridgehead atoms. The summed E-state index contributed by atoms with van der Waals surface area (Å²) in [6, 6.07) is 8.38. The lowest BCUT2D eigenvalue weighted by molar-refractivity contribution is 0.0224. The number of hydrogen-bond donors (Lipinski definition) is 0. The number of rotatable bonds is 3. The van der Waals surface area contributed by atoms with Crippen molar-refractivity contribution < 1.29 is 9.53 Å². The van der Waals surface area contributed by atoms with E-state index in [0.717, 1.165) is 35.3 Å². The molecule has 1 aliphatic rings. The third-order valence-electron chi connectivity index (χ3n) is 4.03. The third kappa shape index (κ3) is 4.82. The molecule has 1 unspecified atom stereocenters. The second-order valence-electron chi connectivity index (χ2n) is 7.30. The first-order valence-electron chi connectivity index (χ1n) is 8.50. The van der Waals surface area contributed by atoms with Crippen molar-refractivity contribution in [2.75, 3.05) is 6.54 Å². The van der Waals surface area contributed by atoms with E-state index < -0.39 is 5.60 Å². The summed E-state index contributed by atoms with van der Waals surface area (Å²) in [6.45, 7) is 6.43. The zero-order valence-corrected chi connectivity index (χ0v) is 17.2. The minimum absolute atomic E-state index is 0.0403. The Bertz CT molecular complexity index is 737. The Morgan fingerprint density at radius 2 is 2.08 bits per heavy atom. The first-order chi connectivity index (χ1) is 11.8. The SMILES string of the molecule is CC(C)(C)OC(=O)N1CCCC1c1ncc(Cc2ccc(Br)cc2)s1. The van der Waals surface area contributed by atoms with Crippen molar-refractivity contribution >= 4 is 33.4 Å². The summed E-state index contributed by atoms with van der Waals surface area (Å²) in [4.78, 5) is 20.1. The Kier molecular flexibility index (Phi) is 5.49. The average Bonchev–Trinajstić information content (AvgIpc) is 3.16. The van der Waals surface area contributed by atoms with Crippen LogP contribution in [0.15, 0.2) is 34.9 Å². The maximum absolute atomic E-state index is 12.5. The second-order valence-corrected chi connectivity index (χ2v) is 9.36. The summed E-state index contributed by atoms with van der Waals surface area (Å²) in [7, 11) is 0. The van der Waals surface area contributed by atoms with E-state index >= 15 is 0 Å². The van der Waals surface area contributed by atoms with E-state index in [9.17, 15) is 4.79 Å². The molecule has 0 aliphatic carbocycles. The Labute approximate surface area is 161 Å². The minimum Gasteiger partial charge on any atom is -0.444 e. The van der Waals surface area contributed by atoms with E-state index in [2.05, 4.69) is 45.2 Å². The highest BCUT2D eigenvalue weighted by molar-refractivity contribution is 9.10. The second kappa shape index (κ2) is 7.46. The molecule has 0 N–H and O–H groups in total. The van der Waals surface area contributed by atoms with Crippen LogP contribution >= 0.6 is 27.3 Å². The fourth-order valence-corrected chi connectivity index (χ4v) is 4.29. The molecule has 1 aromatic carbocycles. The van der Waals surface area contributed by atoms with Crippen molar-refractivity contribution in [1.29, 1.82) is 0 Å². The number of thiazole rings is 1. The van der Waals surface area contributed by atoms with Crippen LogP contribution in [0.4, 0.5) is 4.79 Å². The Balaban J connectivity index is 1.70. The molecule has 0 radical (unpaired) electrons. The molecule has 134 valence electrons. The van der Waals surface area contributed by atoms with Crippen molar-refractivity contribution in [2.24, 2.45) is 0 Å². The topological polar surface area (TPSA) is 42.4 Å². The lowest BCUT2D eigenvalue weighted by Crippen LogP contribution is -2.36. The number of likely N-dealkylation sites (tertiary alicyclic amines) is 1. The Hall–Kier alpha value is -1.40. The van der Waals surface area contributed by atoms with Crippen LogP contribution in [0, 0.1) is 0 Å². The summed E-state index contributed by atoms with van der Waals surface area (Å²) in [5, 5.41) is 1.01. The van der Waals surface area contributed by atoms with Crippen LogP contribution in [0.25, 0.3) is 0 Å². The van der Waals surface area contributed by atoms with Crippen LogP contribution in [-0.2, 0) is 11.2 Å². The predicted octanol–water partition coefficient (Wildman–Crippen LogP) is 5.57. The number of nitrogens with zero attached hydrogens (tertiary/aromatic N) is 2. The van der Waals surface area contributed by atoms with E-state index in [-0.39, 0.29) is 12.1 Å². The first kappa shape index (κ1) is 18.4. The average molecular weight is 423 g/mol. The standard InChI is InChI=1S/C19H23BrN2O2S/c1-19(2,3)24-18(23)22-10-4-5-16(22)17-21-12-15(25-17)11-13-6-8-14(20)9-7-13/h6-9,12,16H,4-5,10-11H2,1-3H3. The predicted molar refractivity (Wildman–Crippen MR) is 104 cm³/mol. The van der Waals surface area contributed by atoms with Crippen molar-refractivity contribution in [2.45, 2.75) is 51.7 Å². The fraction of sp³-hybridized carbons (Fsp3) is 0.474. The zero-order valence-electron chi connectivity index (χ0n) is 14.8. The molecular weight excluding hydrogens is 400 g/mol. The van der Waals surface area contributed by atoms with Crippen molar-refractivity contribution in [3.8, 4) is 0 Å². The summed E-state index contributed by atoms with van der Waals surface area (Å²) >= 11 is 5.16. The van der Waals surface area contributed by atoms with Crippen molar-refractivity contribution in [3.63, 3.8) is 0 Å². The van der Waals surface area contributed by atoms with Gasteiger partial charge >= 0.3 is 6.09 Å². The van der Waals surface area contributed by atoms with Gasteiger partial charge in [0.1, 0.15) is 10.6 Å². The molecule has 6 heteroatoms. The highest BCUT2D eigenvalue weighted by atomic mass is 79.9. The molecule has 4 nitrogen and oxygen atoms in total. The molecule has 1 saturated heterocycles. The van der Waals surface area contributed by atoms with Crippen LogP contribution in [0.5, 0.6) is 0 Å². The van der Waals surface area contributed by atoms with Crippen LogP contribution < -0.4 is 0 Å². The minimum atomic E-state index is -0.472. The summed E-state index contributed by atoms with van der Waals surface area (Å²) < 4.78 is 6.63. The quantitative estimate of drug-likeness (QED) is 0.648. The van der Waals surface area contributed by atoms with Gasteiger partial charge in [-0.2, -0.15) is 0 Å². The number of ether oxygens (including phenoxy) is 1. The van der Waals surface area contributed by atoms with Crippen LogP contribution in [-0.4, -0.2) is 28.1 Å². The van der Waals surface area contributed by atoms with Gasteiger partial charge in [-0.15, -0.1) is 11.3 Å². The maximum atomic E-state index is 12.5. The number of hydrogen-bond acceptors (Lipinski definition) is 4. The van der Waals surface area contributed by atoms with E-state index in [0.29, 0.717) is 0 Å². The molecule has 2 aromatic rings. The van der Waals surface area contributed by atoms with E-state index in [4.69, 9.17) is 4.74 Å². The van der Waals surface area contributed by atoms with Gasteiger partial charge in [0.25, 0.3) is 0 Å². The molecule has 25 heavy (non-hydrogen) atoms. The number of aromatic nitrogens is 1. The normalized spacial score (nSPS) is 17.8. The number of benzene rings is 1. The van der Waals surface area contributed by atoms with Gasteiger partial charge in [-0.3, -0.25) is 4.90 Å². The van der Waals surface area contributed by atoms with Crippen LogP contribution in [0.1, 0.15) is 55.1 Å². The molecule has 3 rings (SSSR count). The molecule has 1 fully saturated rings. The largest absolute Gasteiger partial charge is 0.444 e. The monoisotopic (exact) mass is 422 g/mol. The van der Waals surface area contributed by atoms with E-state index in [1.807, 2.05) is 31.9 Å². The van der Waals surface area contributed by atoms with Crippen LogP contribution in [0.2, 0.25) is 0 Å². The molecule has 1 aromatic heterocycles. The number of carbonyl (C=O) groups excluding carboxylic acids is 1. The Morgan fingerprint density at radius 3 is 2.76 bits per heavy atom. The highest BCUT2D eigenvalue weighted by Gasteiger charge is 2.34. The van der Waals surface area contributed by atoms with E-state index in [1.165, 1.54) is 10.4 Å². The van der Waals surface area contributed by atoms with Gasteiger partial charge in [-0.05, 0) is 51.3 Å². The van der Waals surface area contributed by atoms with Crippen molar-refractivity contribution in [3.05, 3.63) is 50.4 Å². The van der Waals surface area contributed by atoms with Gasteiger partial charge in [0.2, 0.25) is 0 Å². The van der Waals surface area contributed by atoms with Crippen molar-refractivity contribution in [1.82, 2.24) is 9.88 Å². The molecular formula is C19H23BrN2O2S. The Morgan fingerprint density at radius 1 is 1.36 bits per heavy atom. The number of halogens is 1. The lowest BCUT2D eigenvalue weighted by Gasteiger charge is -2.27. The summed E-state index contributed by atoms with van der Waals surface area (Å²) in [5.41, 5.74) is 0.786. The third-order valence-corrected chi connectivity index (χ3v) is 5.66. The molecule has 2 heterocycles. The smallest absolute Gasteiger partial charge is 0.410 e. The van der Waals surface area contributed by atoms with Gasteiger partial charge in [0.15, 0.2) is 0 Å². The molecule has 0 spiro atoms. The summed E-state index contributed by atoms with van der Waals surface area (Å²) in [6.07, 6.45) is 4.51. The summed E-state index contributed by atoms with van der Waals surface area (Å²) in [5.74, 6) is 0. The molecule has 0 saturated carbocycles. The van der Waals surface area contributed by atoms with Gasteiger partial charge in [0.05, 0.1) is 6.04 Å². The van der Waals surface area contributed by atoms with Gasteiger partial charge < -0.3 is 4.74 Å². The first-order valence-corrected chi connectivity index (χ1v) is 10.1. The molecule has 1 aliphatic heterocycles. The number of amides is 1. The molecule has 1 amide bonds. The van der Waals surface area contributed by atoms with Gasteiger partial charge in [0, 0.05) is 28.5 Å². The number of carbonyl (C=O) groups is 1. The molecule has 1 atom stereocenters. The van der Waals surface area contributed by atoms with Gasteiger partial charge in [-0.1, -0.05) is 28.1 Å². The van der Waals surface area contributed by atoms with Crippen LogP contribution in [0.3, 0.4) is 0 Å². The van der Waals surface area contributed by atoms with E-state index in [1.54, 1.807) is 11.3 Å². The maximum Gasteiger partial charge on any atom is 0.410 e. The van der Waals surface area contributed by atoms with Gasteiger partial charge in [-0.25, -0.2) is 9.78 Å².